The number of likely N-dealkylation sites (tertiary alicyclic amines) is 1. The summed E-state index contributed by atoms with van der Waals surface area (Å²) in [5, 5.41) is 8.36. The first-order valence-electron chi connectivity index (χ1n) is 17.5. The maximum Gasteiger partial charge on any atom is 0.246 e. The van der Waals surface area contributed by atoms with E-state index >= 15 is 4.39 Å². The summed E-state index contributed by atoms with van der Waals surface area (Å²) in [4.78, 5) is 32.9. The summed E-state index contributed by atoms with van der Waals surface area (Å²) >= 11 is 0. The third-order valence-electron chi connectivity index (χ3n) is 9.90. The molecule has 3 aromatic rings. The van der Waals surface area contributed by atoms with E-state index in [0.29, 0.717) is 63.3 Å². The highest BCUT2D eigenvalue weighted by Gasteiger charge is 2.36. The quantitative estimate of drug-likeness (QED) is 0.194. The average molecular weight is 709 g/mol. The summed E-state index contributed by atoms with van der Waals surface area (Å²) in [6.07, 6.45) is 6.90. The van der Waals surface area contributed by atoms with Crippen LogP contribution >= 0.6 is 0 Å². The molecule has 2 N–H and O–H groups in total. The maximum absolute atomic E-state index is 15.0. The average Bonchev–Trinajstić information content (AvgIpc) is 3.55. The number of benzene rings is 1. The number of nitrogens with zero attached hydrogens (tertiary/aromatic N) is 6. The lowest BCUT2D eigenvalue weighted by Crippen LogP contribution is -2.49. The first kappa shape index (κ1) is 35.9. The fourth-order valence-corrected chi connectivity index (χ4v) is 8.70. The molecule has 2 aromatic heterocycles. The van der Waals surface area contributed by atoms with Gasteiger partial charge in [-0.15, -0.1) is 0 Å². The monoisotopic (exact) mass is 708 g/mol. The smallest absolute Gasteiger partial charge is 0.246 e. The van der Waals surface area contributed by atoms with Gasteiger partial charge in [0, 0.05) is 68.4 Å². The summed E-state index contributed by atoms with van der Waals surface area (Å²) in [6, 6.07) is 5.90. The number of rotatable bonds is 13. The Labute approximate surface area is 294 Å². The first-order valence-corrected chi connectivity index (χ1v) is 19.6. The predicted molar refractivity (Wildman–Crippen MR) is 196 cm³/mol. The van der Waals surface area contributed by atoms with Crippen molar-refractivity contribution in [3.8, 4) is 0 Å². The van der Waals surface area contributed by atoms with E-state index in [-0.39, 0.29) is 36.1 Å². The van der Waals surface area contributed by atoms with E-state index in [2.05, 4.69) is 47.0 Å². The van der Waals surface area contributed by atoms with Gasteiger partial charge in [-0.1, -0.05) is 20.4 Å². The van der Waals surface area contributed by atoms with Crippen LogP contribution in [-0.4, -0.2) is 111 Å². The van der Waals surface area contributed by atoms with Gasteiger partial charge >= 0.3 is 0 Å². The highest BCUT2D eigenvalue weighted by molar-refractivity contribution is 7.90. The molecule has 270 valence electrons. The van der Waals surface area contributed by atoms with Crippen molar-refractivity contribution in [2.75, 3.05) is 80.0 Å². The molecule has 0 unspecified atom stereocenters. The molecule has 14 heteroatoms. The normalized spacial score (nSPS) is 21.6. The molecule has 3 aliphatic rings. The molecule has 50 heavy (non-hydrogen) atoms. The van der Waals surface area contributed by atoms with E-state index in [4.69, 9.17) is 14.7 Å². The van der Waals surface area contributed by atoms with Crippen LogP contribution < -0.4 is 20.4 Å². The van der Waals surface area contributed by atoms with Gasteiger partial charge in [-0.05, 0) is 73.0 Å². The summed E-state index contributed by atoms with van der Waals surface area (Å²) in [5.41, 5.74) is 3.24. The van der Waals surface area contributed by atoms with Gasteiger partial charge in [0.25, 0.3) is 0 Å². The molecule has 0 radical (unpaired) electrons. The molecule has 3 fully saturated rings. The van der Waals surface area contributed by atoms with E-state index in [9.17, 15) is 13.2 Å². The second-order valence-electron chi connectivity index (χ2n) is 14.1. The number of anilines is 4. The maximum atomic E-state index is 15.0. The molecule has 12 nitrogen and oxygen atoms in total. The van der Waals surface area contributed by atoms with Gasteiger partial charge in [0.15, 0.2) is 0 Å². The lowest BCUT2D eigenvalue weighted by Gasteiger charge is -2.42. The van der Waals surface area contributed by atoms with Crippen molar-refractivity contribution in [1.82, 2.24) is 25.2 Å². The topological polar surface area (TPSA) is 133 Å². The number of aromatic nitrogens is 3. The molecule has 0 saturated carbocycles. The molecule has 5 heterocycles. The molecule has 6 rings (SSSR count). The van der Waals surface area contributed by atoms with Crippen LogP contribution in [0.15, 0.2) is 43.2 Å². The number of alkyl halides is 1. The molecule has 0 aliphatic carbocycles. The Balaban J connectivity index is 1.32. The van der Waals surface area contributed by atoms with Crippen molar-refractivity contribution in [2.24, 2.45) is 5.92 Å². The highest BCUT2D eigenvalue weighted by Crippen LogP contribution is 2.45. The Morgan fingerprint density at radius 2 is 1.92 bits per heavy atom. The van der Waals surface area contributed by atoms with Crippen LogP contribution in [-0.2, 0) is 19.4 Å². The van der Waals surface area contributed by atoms with Crippen LogP contribution in [0.4, 0.5) is 27.7 Å². The zero-order chi connectivity index (χ0) is 35.6. The van der Waals surface area contributed by atoms with E-state index < -0.39 is 22.1 Å². The van der Waals surface area contributed by atoms with Crippen molar-refractivity contribution in [3.63, 3.8) is 0 Å². The second kappa shape index (κ2) is 15.2. The molecule has 3 aliphatic heterocycles. The highest BCUT2D eigenvalue weighted by atomic mass is 32.2. The van der Waals surface area contributed by atoms with Gasteiger partial charge in [-0.2, -0.15) is 4.98 Å². The third kappa shape index (κ3) is 7.87. The van der Waals surface area contributed by atoms with E-state index in [0.717, 1.165) is 40.4 Å². The minimum atomic E-state index is -3.09. The minimum absolute atomic E-state index is 0.0591. The van der Waals surface area contributed by atoms with Crippen molar-refractivity contribution < 1.29 is 22.3 Å². The SMILES string of the molecule is C=CC(=O)N1CCC[C@@H]1c1cc(N2CC(CS(C)(=O)=O)C2)c2cnc(Nc3ccnc(N4CC[C@@H](OCCNC)[C@@H](F)C4)n3)cc2c1C(C)C. The molecule has 3 atom stereocenters. The summed E-state index contributed by atoms with van der Waals surface area (Å²) in [6.45, 7) is 11.9. The van der Waals surface area contributed by atoms with Crippen LogP contribution in [0.1, 0.15) is 56.2 Å². The minimum Gasteiger partial charge on any atom is -0.374 e. The van der Waals surface area contributed by atoms with Crippen molar-refractivity contribution in [1.29, 1.82) is 0 Å². The first-order chi connectivity index (χ1) is 24.0. The fraction of sp³-hybridized carbons (Fsp3) is 0.556. The van der Waals surface area contributed by atoms with Crippen molar-refractivity contribution in [3.05, 3.63) is 54.4 Å². The molecular formula is C36H49FN8O4S. The van der Waals surface area contributed by atoms with Gasteiger partial charge in [0.1, 0.15) is 27.6 Å². The van der Waals surface area contributed by atoms with E-state index in [1.54, 1.807) is 12.3 Å². The van der Waals surface area contributed by atoms with Gasteiger partial charge in [0.05, 0.1) is 31.1 Å². The van der Waals surface area contributed by atoms with Crippen molar-refractivity contribution >= 4 is 49.8 Å². The number of amides is 1. The standard InChI is InChI=1S/C36H49FN8O4S/c1-6-34(46)45-13-7-8-29(45)26-16-30(44-19-24(20-44)22-50(5,47)48)27-18-40-33(17-25(27)35(26)23(2)3)41-32-9-11-39-36(42-32)43-14-10-31(28(37)21-43)49-15-12-38-4/h6,9,11,16-18,23-24,28-29,31,38H,1,7-8,10,12-15,19-22H2,2-5H3,(H,39,40,41,42)/t28-,29+,31+/m0/s1. The third-order valence-corrected chi connectivity index (χ3v) is 11.0. The van der Waals surface area contributed by atoms with Crippen LogP contribution in [0, 0.1) is 5.92 Å². The zero-order valence-electron chi connectivity index (χ0n) is 29.4. The lowest BCUT2D eigenvalue weighted by molar-refractivity contribution is -0.126. The number of carbonyl (C=O) groups excluding carboxylic acids is 1. The van der Waals surface area contributed by atoms with Gasteiger partial charge in [-0.25, -0.2) is 22.8 Å². The summed E-state index contributed by atoms with van der Waals surface area (Å²) in [7, 11) is -1.25. The Bertz CT molecular complexity index is 1820. The van der Waals surface area contributed by atoms with Gasteiger partial charge in [-0.3, -0.25) is 4.79 Å². The van der Waals surface area contributed by atoms with Crippen LogP contribution in [0.5, 0.6) is 0 Å². The van der Waals surface area contributed by atoms with Crippen LogP contribution in [0.2, 0.25) is 0 Å². The number of ether oxygens (including phenoxy) is 1. The number of sulfone groups is 1. The fourth-order valence-electron chi connectivity index (χ4n) is 7.63. The molecule has 0 spiro atoms. The number of fused-ring (bicyclic) bond motifs is 1. The lowest BCUT2D eigenvalue weighted by atomic mass is 9.85. The van der Waals surface area contributed by atoms with E-state index in [1.807, 2.05) is 29.1 Å². The number of hydrogen-bond donors (Lipinski definition) is 2. The molecule has 1 amide bonds. The Kier molecular flexibility index (Phi) is 10.9. The number of pyridine rings is 1. The number of hydrogen-bond acceptors (Lipinski definition) is 11. The zero-order valence-corrected chi connectivity index (χ0v) is 30.3. The van der Waals surface area contributed by atoms with Gasteiger partial charge in [0.2, 0.25) is 11.9 Å². The number of nitrogens with one attached hydrogen (secondary N) is 2. The molecule has 3 saturated heterocycles. The van der Waals surface area contributed by atoms with Crippen molar-refractivity contribution in [2.45, 2.75) is 57.3 Å². The van der Waals surface area contributed by atoms with Gasteiger partial charge < -0.3 is 30.1 Å². The van der Waals surface area contributed by atoms with Crippen LogP contribution in [0.25, 0.3) is 10.8 Å². The Hall–Kier alpha value is -3.88. The van der Waals surface area contributed by atoms with E-state index in [1.165, 1.54) is 12.3 Å². The number of likely N-dealkylation sites (N-methyl/N-ethyl adjacent to an activating group) is 1. The number of halogens is 1. The summed E-state index contributed by atoms with van der Waals surface area (Å²) < 4.78 is 44.8. The molecular weight excluding hydrogens is 660 g/mol. The number of piperidine rings is 1. The number of carbonyl (C=O) groups is 1. The largest absolute Gasteiger partial charge is 0.374 e. The Morgan fingerprint density at radius 1 is 1.12 bits per heavy atom. The summed E-state index contributed by atoms with van der Waals surface area (Å²) in [5.74, 6) is 1.84. The van der Waals surface area contributed by atoms with Crippen LogP contribution in [0.3, 0.4) is 0 Å². The second-order valence-corrected chi connectivity index (χ2v) is 16.2. The predicted octanol–water partition coefficient (Wildman–Crippen LogP) is 4.37. The molecule has 1 aromatic carbocycles. The Morgan fingerprint density at radius 3 is 2.62 bits per heavy atom. The molecule has 0 bridgehead atoms.